The Morgan fingerprint density at radius 3 is 2.53 bits per heavy atom. The van der Waals surface area contributed by atoms with Crippen LogP contribution in [-0.4, -0.2) is 54.0 Å². The lowest BCUT2D eigenvalue weighted by Gasteiger charge is -2.06. The molecule has 2 aromatic rings. The van der Waals surface area contributed by atoms with Crippen LogP contribution in [0, 0.1) is 10.1 Å². The van der Waals surface area contributed by atoms with E-state index in [1.165, 1.54) is 30.1 Å². The summed E-state index contributed by atoms with van der Waals surface area (Å²) in [5, 5.41) is 14.6. The van der Waals surface area contributed by atoms with Gasteiger partial charge in [-0.15, -0.1) is 11.8 Å². The van der Waals surface area contributed by atoms with Crippen LogP contribution >= 0.6 is 23.5 Å². The van der Waals surface area contributed by atoms with Crippen LogP contribution in [0.4, 0.5) is 5.69 Å². The molecule has 0 saturated carbocycles. The third-order valence-electron chi connectivity index (χ3n) is 3.84. The lowest BCUT2D eigenvalue weighted by Crippen LogP contribution is -2.19. The average molecular weight is 478 g/mol. The predicted octanol–water partition coefficient (Wildman–Crippen LogP) is 3.26. The molecule has 2 rings (SSSR count). The lowest BCUT2D eigenvalue weighted by molar-refractivity contribution is -0.384. The minimum Gasteiger partial charge on any atom is -0.482 e. The van der Waals surface area contributed by atoms with Crippen LogP contribution in [0.1, 0.15) is 11.1 Å². The van der Waals surface area contributed by atoms with Crippen LogP contribution in [0.2, 0.25) is 0 Å². The van der Waals surface area contributed by atoms with Gasteiger partial charge in [0.25, 0.3) is 5.69 Å². The Labute approximate surface area is 194 Å². The minimum absolute atomic E-state index is 0.0367. The number of esters is 1. The van der Waals surface area contributed by atoms with Crippen molar-refractivity contribution in [2.75, 3.05) is 31.0 Å². The fraction of sp³-hybridized carbons (Fsp3) is 0.286. The summed E-state index contributed by atoms with van der Waals surface area (Å²) in [4.78, 5) is 33.6. The highest BCUT2D eigenvalue weighted by molar-refractivity contribution is 7.99. The Morgan fingerprint density at radius 1 is 1.16 bits per heavy atom. The first-order chi connectivity index (χ1) is 15.5. The molecular formula is C21H23N3O6S2. The highest BCUT2D eigenvalue weighted by atomic mass is 32.2. The van der Waals surface area contributed by atoms with E-state index in [1.54, 1.807) is 48.2 Å². The highest BCUT2D eigenvalue weighted by Crippen LogP contribution is 2.16. The first kappa shape index (κ1) is 25.2. The summed E-state index contributed by atoms with van der Waals surface area (Å²) in [6.07, 6.45) is 3.43. The zero-order valence-electron chi connectivity index (χ0n) is 17.4. The molecule has 9 nitrogen and oxygen atoms in total. The third kappa shape index (κ3) is 9.84. The van der Waals surface area contributed by atoms with Crippen LogP contribution in [0.3, 0.4) is 0 Å². The van der Waals surface area contributed by atoms with E-state index < -0.39 is 10.9 Å². The van der Waals surface area contributed by atoms with Crippen molar-refractivity contribution in [1.82, 2.24) is 5.43 Å². The minimum atomic E-state index is -0.451. The summed E-state index contributed by atoms with van der Waals surface area (Å²) in [5.74, 6) is 1.35. The number of non-ortho nitro benzene ring substituents is 1. The predicted molar refractivity (Wildman–Crippen MR) is 126 cm³/mol. The Kier molecular flexibility index (Phi) is 11.1. The van der Waals surface area contributed by atoms with E-state index >= 15 is 0 Å². The molecule has 0 radical (unpaired) electrons. The molecule has 0 unspecified atom stereocenters. The topological polar surface area (TPSA) is 120 Å². The van der Waals surface area contributed by atoms with Crippen molar-refractivity contribution in [3.63, 3.8) is 0 Å². The van der Waals surface area contributed by atoms with Crippen LogP contribution in [-0.2, 0) is 20.1 Å². The van der Waals surface area contributed by atoms with Crippen molar-refractivity contribution in [2.24, 2.45) is 5.10 Å². The molecule has 0 spiro atoms. The number of nitrogens with one attached hydrogen (secondary N) is 1. The molecule has 0 saturated heterocycles. The Hall–Kier alpha value is -3.05. The first-order valence-corrected chi connectivity index (χ1v) is 12.0. The van der Waals surface area contributed by atoms with Gasteiger partial charge in [0.2, 0.25) is 5.91 Å². The van der Waals surface area contributed by atoms with Gasteiger partial charge < -0.3 is 9.47 Å². The van der Waals surface area contributed by atoms with Gasteiger partial charge >= 0.3 is 5.97 Å². The summed E-state index contributed by atoms with van der Waals surface area (Å²) >= 11 is 2.97. The number of nitro benzene ring substituents is 1. The number of nitrogens with zero attached hydrogens (tertiary/aromatic N) is 2. The maximum Gasteiger partial charge on any atom is 0.344 e. The smallest absolute Gasteiger partial charge is 0.344 e. The third-order valence-corrected chi connectivity index (χ3v) is 5.42. The lowest BCUT2D eigenvalue weighted by atomic mass is 10.2. The van der Waals surface area contributed by atoms with Gasteiger partial charge in [-0.2, -0.15) is 16.9 Å². The molecule has 0 fully saturated rings. The molecule has 0 aliphatic heterocycles. The van der Waals surface area contributed by atoms with Crippen molar-refractivity contribution in [3.05, 3.63) is 69.8 Å². The summed E-state index contributed by atoms with van der Waals surface area (Å²) in [6.45, 7) is 0.204. The number of thioether (sulfide) groups is 2. The normalized spacial score (nSPS) is 10.7. The number of nitro groups is 1. The number of rotatable bonds is 13. The van der Waals surface area contributed by atoms with Gasteiger partial charge in [0.05, 0.1) is 16.9 Å². The van der Waals surface area contributed by atoms with Gasteiger partial charge in [-0.1, -0.05) is 12.1 Å². The molecule has 0 bridgehead atoms. The van der Waals surface area contributed by atoms with Gasteiger partial charge in [0.15, 0.2) is 6.61 Å². The van der Waals surface area contributed by atoms with E-state index in [-0.39, 0.29) is 24.0 Å². The summed E-state index contributed by atoms with van der Waals surface area (Å²) < 4.78 is 10.4. The molecule has 1 amide bonds. The second-order valence-corrected chi connectivity index (χ2v) is 8.25. The van der Waals surface area contributed by atoms with Crippen molar-refractivity contribution in [2.45, 2.75) is 5.75 Å². The van der Waals surface area contributed by atoms with E-state index in [0.29, 0.717) is 18.1 Å². The zero-order chi connectivity index (χ0) is 23.2. The number of carbonyl (C=O) groups is 2. The SMILES string of the molecule is CSCCOC(=O)COc1ccc(/C=N\NC(=O)CSCc2ccc([N+](=O)[O-])cc2)cc1. The maximum atomic E-state index is 11.9. The Morgan fingerprint density at radius 2 is 1.88 bits per heavy atom. The van der Waals surface area contributed by atoms with E-state index in [0.717, 1.165) is 16.9 Å². The monoisotopic (exact) mass is 477 g/mol. The number of ether oxygens (including phenoxy) is 2. The zero-order valence-corrected chi connectivity index (χ0v) is 19.0. The number of amides is 1. The second kappa shape index (κ2) is 14.1. The number of hydrazone groups is 1. The highest BCUT2D eigenvalue weighted by Gasteiger charge is 2.06. The molecule has 2 aromatic carbocycles. The van der Waals surface area contributed by atoms with Crippen molar-refractivity contribution >= 4 is 47.3 Å². The van der Waals surface area contributed by atoms with Gasteiger partial charge in [0, 0.05) is 23.6 Å². The van der Waals surface area contributed by atoms with E-state index in [2.05, 4.69) is 10.5 Å². The fourth-order valence-corrected chi connectivity index (χ4v) is 3.29. The molecular weight excluding hydrogens is 454 g/mol. The van der Waals surface area contributed by atoms with E-state index in [1.807, 2.05) is 6.26 Å². The Balaban J connectivity index is 1.65. The van der Waals surface area contributed by atoms with Crippen LogP contribution in [0.5, 0.6) is 5.75 Å². The van der Waals surface area contributed by atoms with Crippen LogP contribution < -0.4 is 10.2 Å². The van der Waals surface area contributed by atoms with Gasteiger partial charge in [-0.05, 0) is 41.6 Å². The Bertz CT molecular complexity index is 920. The second-order valence-electron chi connectivity index (χ2n) is 6.28. The van der Waals surface area contributed by atoms with E-state index in [4.69, 9.17) is 9.47 Å². The molecule has 0 aliphatic carbocycles. The largest absolute Gasteiger partial charge is 0.482 e. The number of carbonyl (C=O) groups excluding carboxylic acids is 2. The molecule has 170 valence electrons. The molecule has 1 N–H and O–H groups in total. The number of benzene rings is 2. The fourth-order valence-electron chi connectivity index (χ4n) is 2.26. The van der Waals surface area contributed by atoms with Crippen LogP contribution in [0.25, 0.3) is 0 Å². The summed E-state index contributed by atoms with van der Waals surface area (Å²) in [6, 6.07) is 13.1. The first-order valence-electron chi connectivity index (χ1n) is 9.48. The van der Waals surface area contributed by atoms with E-state index in [9.17, 15) is 19.7 Å². The molecule has 0 atom stereocenters. The summed E-state index contributed by atoms with van der Waals surface area (Å²) in [7, 11) is 0. The van der Waals surface area contributed by atoms with Gasteiger partial charge in [-0.25, -0.2) is 10.2 Å². The molecule has 32 heavy (non-hydrogen) atoms. The van der Waals surface area contributed by atoms with Crippen LogP contribution in [0.15, 0.2) is 53.6 Å². The average Bonchev–Trinajstić information content (AvgIpc) is 2.79. The standard InChI is InChI=1S/C21H23N3O6S2/c1-31-11-10-29-21(26)13-30-19-8-4-16(5-9-19)12-22-23-20(25)15-32-14-17-2-6-18(7-3-17)24(27)28/h2-9,12H,10-11,13-15H2,1H3,(H,23,25)/b22-12-. The molecule has 11 heteroatoms. The van der Waals surface area contributed by atoms with Gasteiger partial charge in [0.1, 0.15) is 12.4 Å². The maximum absolute atomic E-state index is 11.9. The quantitative estimate of drug-likeness (QED) is 0.153. The summed E-state index contributed by atoms with van der Waals surface area (Å²) in [5.41, 5.74) is 4.13. The van der Waals surface area contributed by atoms with Crippen molar-refractivity contribution in [1.29, 1.82) is 0 Å². The molecule has 0 heterocycles. The molecule has 0 aromatic heterocycles. The van der Waals surface area contributed by atoms with Crippen molar-refractivity contribution < 1.29 is 24.0 Å². The molecule has 0 aliphatic rings. The number of hydrogen-bond acceptors (Lipinski definition) is 9. The number of hydrogen-bond donors (Lipinski definition) is 1. The van der Waals surface area contributed by atoms with Crippen molar-refractivity contribution in [3.8, 4) is 5.75 Å². The van der Waals surface area contributed by atoms with Gasteiger partial charge in [-0.3, -0.25) is 14.9 Å².